The maximum Gasteiger partial charge on any atom is 0.309 e. The molecule has 2 N–H and O–H groups in total. The van der Waals surface area contributed by atoms with E-state index in [1.54, 1.807) is 0 Å². The molecule has 160 valence electrons. The Labute approximate surface area is 172 Å². The van der Waals surface area contributed by atoms with E-state index in [0.29, 0.717) is 25.6 Å². The number of piperidine rings is 1. The quantitative estimate of drug-likeness (QED) is 0.748. The molecule has 9 heteroatoms. The summed E-state index contributed by atoms with van der Waals surface area (Å²) in [5.74, 6) is -3.85. The van der Waals surface area contributed by atoms with Gasteiger partial charge in [-0.1, -0.05) is 12.1 Å². The fourth-order valence-electron chi connectivity index (χ4n) is 3.94. The monoisotopic (exact) mass is 419 g/mol. The molecule has 2 fully saturated rings. The van der Waals surface area contributed by atoms with Crippen molar-refractivity contribution >= 4 is 11.9 Å². The summed E-state index contributed by atoms with van der Waals surface area (Å²) in [5, 5.41) is 16.0. The van der Waals surface area contributed by atoms with E-state index in [4.69, 9.17) is 4.52 Å². The van der Waals surface area contributed by atoms with Gasteiger partial charge in [-0.2, -0.15) is 0 Å². The van der Waals surface area contributed by atoms with Crippen LogP contribution in [-0.2, 0) is 4.79 Å². The summed E-state index contributed by atoms with van der Waals surface area (Å²) in [6.07, 6.45) is 2.82. The molecule has 1 saturated heterocycles. The Hall–Kier alpha value is -2.81. The third-order valence-corrected chi connectivity index (χ3v) is 5.98. The molecule has 0 spiro atoms. The van der Waals surface area contributed by atoms with Crippen LogP contribution in [0.15, 0.2) is 28.8 Å². The first-order valence-electron chi connectivity index (χ1n) is 9.92. The van der Waals surface area contributed by atoms with Crippen LogP contribution in [0.4, 0.5) is 8.78 Å². The highest BCUT2D eigenvalue weighted by atomic mass is 19.1. The standard InChI is InChI=1S/C21H23F2N3O4/c1-21(5-6-21)11-26-7-4-16(14(10-26)20(28)29)24-19(27)17-9-18(30-25-17)13-3-2-12(22)8-15(13)23/h2-3,8-9,14,16H,4-7,10-11H2,1H3,(H,24,27)(H,28,29)/t14-,16-/m0/s1. The normalized spacial score (nSPS) is 23.2. The van der Waals surface area contributed by atoms with Gasteiger partial charge >= 0.3 is 5.97 Å². The molecule has 1 saturated carbocycles. The van der Waals surface area contributed by atoms with Crippen LogP contribution in [0.1, 0.15) is 36.7 Å². The minimum atomic E-state index is -0.958. The van der Waals surface area contributed by atoms with Crippen LogP contribution in [0.3, 0.4) is 0 Å². The number of aromatic nitrogens is 1. The van der Waals surface area contributed by atoms with Gasteiger partial charge in [-0.05, 0) is 36.8 Å². The molecule has 1 aromatic carbocycles. The number of nitrogens with one attached hydrogen (secondary N) is 1. The van der Waals surface area contributed by atoms with Gasteiger partial charge in [0, 0.05) is 37.8 Å². The molecular weight excluding hydrogens is 396 g/mol. The molecule has 4 rings (SSSR count). The number of hydrogen-bond donors (Lipinski definition) is 2. The van der Waals surface area contributed by atoms with E-state index in [2.05, 4.69) is 22.3 Å². The lowest BCUT2D eigenvalue weighted by atomic mass is 9.91. The van der Waals surface area contributed by atoms with E-state index in [1.807, 2.05) is 0 Å². The number of likely N-dealkylation sites (tertiary alicyclic amines) is 1. The van der Waals surface area contributed by atoms with Gasteiger partial charge in [0.05, 0.1) is 11.5 Å². The first-order valence-corrected chi connectivity index (χ1v) is 9.92. The van der Waals surface area contributed by atoms with Crippen molar-refractivity contribution < 1.29 is 28.0 Å². The SMILES string of the molecule is CC1(CN2CC[C@H](NC(=O)c3cc(-c4ccc(F)cc4F)on3)[C@@H](C(=O)O)C2)CC1. The molecule has 2 aliphatic rings. The lowest BCUT2D eigenvalue weighted by Crippen LogP contribution is -2.54. The number of nitrogens with zero attached hydrogens (tertiary/aromatic N) is 2. The number of carbonyl (C=O) groups excluding carboxylic acids is 1. The zero-order valence-corrected chi connectivity index (χ0v) is 16.5. The zero-order valence-electron chi connectivity index (χ0n) is 16.5. The average molecular weight is 419 g/mol. The predicted octanol–water partition coefficient (Wildman–Crippen LogP) is 2.92. The molecular formula is C21H23F2N3O4. The van der Waals surface area contributed by atoms with Crippen LogP contribution in [0, 0.1) is 23.0 Å². The Morgan fingerprint density at radius 3 is 2.77 bits per heavy atom. The van der Waals surface area contributed by atoms with E-state index in [-0.39, 0.29) is 22.4 Å². The second-order valence-electron chi connectivity index (χ2n) is 8.56. The third-order valence-electron chi connectivity index (χ3n) is 5.98. The number of benzene rings is 1. The molecule has 30 heavy (non-hydrogen) atoms. The maximum atomic E-state index is 13.9. The second kappa shape index (κ2) is 7.79. The Kier molecular flexibility index (Phi) is 5.31. The molecule has 2 heterocycles. The van der Waals surface area contributed by atoms with Crippen molar-refractivity contribution in [2.24, 2.45) is 11.3 Å². The van der Waals surface area contributed by atoms with E-state index < -0.39 is 35.5 Å². The van der Waals surface area contributed by atoms with Crippen molar-refractivity contribution in [1.82, 2.24) is 15.4 Å². The number of aliphatic carboxylic acids is 1. The van der Waals surface area contributed by atoms with E-state index in [1.165, 1.54) is 12.1 Å². The fraction of sp³-hybridized carbons (Fsp3) is 0.476. The van der Waals surface area contributed by atoms with Crippen LogP contribution in [-0.4, -0.2) is 52.7 Å². The average Bonchev–Trinajstić information content (AvgIpc) is 3.21. The molecule has 1 aliphatic heterocycles. The largest absolute Gasteiger partial charge is 0.481 e. The fourth-order valence-corrected chi connectivity index (χ4v) is 3.94. The summed E-state index contributed by atoms with van der Waals surface area (Å²) in [6.45, 7) is 4.14. The van der Waals surface area contributed by atoms with Crippen molar-refractivity contribution in [2.75, 3.05) is 19.6 Å². The second-order valence-corrected chi connectivity index (χ2v) is 8.56. The van der Waals surface area contributed by atoms with Crippen LogP contribution >= 0.6 is 0 Å². The van der Waals surface area contributed by atoms with Crippen LogP contribution < -0.4 is 5.32 Å². The van der Waals surface area contributed by atoms with E-state index in [9.17, 15) is 23.5 Å². The highest BCUT2D eigenvalue weighted by molar-refractivity contribution is 5.93. The molecule has 0 radical (unpaired) electrons. The van der Waals surface area contributed by atoms with Gasteiger partial charge in [0.1, 0.15) is 11.6 Å². The van der Waals surface area contributed by atoms with Crippen LogP contribution in [0.5, 0.6) is 0 Å². The minimum absolute atomic E-state index is 0.0140. The van der Waals surface area contributed by atoms with E-state index >= 15 is 0 Å². The number of carboxylic acids is 1. The third kappa shape index (κ3) is 4.35. The number of carbonyl (C=O) groups is 2. The van der Waals surface area contributed by atoms with Gasteiger partial charge in [0.25, 0.3) is 5.91 Å². The van der Waals surface area contributed by atoms with Crippen molar-refractivity contribution in [3.8, 4) is 11.3 Å². The molecule has 2 aromatic rings. The summed E-state index contributed by atoms with van der Waals surface area (Å²) in [5.41, 5.74) is 0.172. The minimum Gasteiger partial charge on any atom is -0.481 e. The van der Waals surface area contributed by atoms with Crippen molar-refractivity contribution in [3.05, 3.63) is 41.6 Å². The highest BCUT2D eigenvalue weighted by Gasteiger charge is 2.42. The zero-order chi connectivity index (χ0) is 21.5. The predicted molar refractivity (Wildman–Crippen MR) is 103 cm³/mol. The highest BCUT2D eigenvalue weighted by Crippen LogP contribution is 2.45. The molecule has 1 aliphatic carbocycles. The Bertz CT molecular complexity index is 973. The van der Waals surface area contributed by atoms with Crippen LogP contribution in [0.2, 0.25) is 0 Å². The van der Waals surface area contributed by atoms with Gasteiger partial charge in [-0.25, -0.2) is 8.78 Å². The van der Waals surface area contributed by atoms with Crippen LogP contribution in [0.25, 0.3) is 11.3 Å². The number of amides is 1. The number of halogens is 2. The van der Waals surface area contributed by atoms with Crippen molar-refractivity contribution in [2.45, 2.75) is 32.2 Å². The molecule has 7 nitrogen and oxygen atoms in total. The molecule has 0 unspecified atom stereocenters. The Morgan fingerprint density at radius 2 is 2.10 bits per heavy atom. The molecule has 0 bridgehead atoms. The summed E-state index contributed by atoms with van der Waals surface area (Å²) in [4.78, 5) is 26.5. The topological polar surface area (TPSA) is 95.7 Å². The summed E-state index contributed by atoms with van der Waals surface area (Å²) < 4.78 is 32.0. The van der Waals surface area contributed by atoms with Gasteiger partial charge < -0.3 is 19.8 Å². The molecule has 1 aromatic heterocycles. The van der Waals surface area contributed by atoms with Gasteiger partial charge in [0.2, 0.25) is 0 Å². The van der Waals surface area contributed by atoms with Gasteiger partial charge in [-0.3, -0.25) is 9.59 Å². The lowest BCUT2D eigenvalue weighted by Gasteiger charge is -2.37. The first-order chi connectivity index (χ1) is 14.2. The maximum absolute atomic E-state index is 13.9. The van der Waals surface area contributed by atoms with Gasteiger partial charge in [0.15, 0.2) is 11.5 Å². The van der Waals surface area contributed by atoms with Gasteiger partial charge in [-0.15, -0.1) is 0 Å². The summed E-state index contributed by atoms with van der Waals surface area (Å²) in [6, 6.07) is 3.70. The van der Waals surface area contributed by atoms with Crippen molar-refractivity contribution in [3.63, 3.8) is 0 Å². The molecule has 2 atom stereocenters. The van der Waals surface area contributed by atoms with Crippen molar-refractivity contribution in [1.29, 1.82) is 0 Å². The van der Waals surface area contributed by atoms with E-state index in [0.717, 1.165) is 25.5 Å². The lowest BCUT2D eigenvalue weighted by molar-refractivity contribution is -0.144. The first kappa shape index (κ1) is 20.5. The smallest absolute Gasteiger partial charge is 0.309 e. The molecule has 1 amide bonds. The number of hydrogen-bond acceptors (Lipinski definition) is 5. The summed E-state index contributed by atoms with van der Waals surface area (Å²) >= 11 is 0. The Morgan fingerprint density at radius 1 is 1.33 bits per heavy atom. The summed E-state index contributed by atoms with van der Waals surface area (Å²) in [7, 11) is 0. The Balaban J connectivity index is 1.43. The number of carboxylic acid groups (broad SMARTS) is 1. The number of rotatable bonds is 6.